The van der Waals surface area contributed by atoms with Gasteiger partial charge in [-0.2, -0.15) is 4.98 Å². The predicted molar refractivity (Wildman–Crippen MR) is 83.4 cm³/mol. The molecule has 10 heteroatoms. The number of rotatable bonds is 4. The first kappa shape index (κ1) is 18.2. The summed E-state index contributed by atoms with van der Waals surface area (Å²) in [6.07, 6.45) is -2.34. The minimum Gasteiger partial charge on any atom is -0.394 e. The molecule has 1 amide bonds. The van der Waals surface area contributed by atoms with Crippen LogP contribution in [0.15, 0.2) is 17.1 Å². The lowest BCUT2D eigenvalue weighted by Gasteiger charge is -2.24. The first-order chi connectivity index (χ1) is 10.7. The average Bonchev–Trinajstić information content (AvgIpc) is 2.70. The molecule has 1 aromatic rings. The molecular weight excluding hydrogens is 349 g/mol. The SMILES string of the molecule is CC(C)C(=O)Nc1ccn(C2OC(CO)C(O)C2(Cl)Cl)c(=O)n1. The second-order valence-corrected chi connectivity index (χ2v) is 6.92. The molecule has 0 aromatic carbocycles. The van der Waals surface area contributed by atoms with E-state index in [1.54, 1.807) is 13.8 Å². The number of anilines is 1. The van der Waals surface area contributed by atoms with Gasteiger partial charge in [0.25, 0.3) is 0 Å². The van der Waals surface area contributed by atoms with Crippen LogP contribution in [-0.4, -0.2) is 48.8 Å². The standard InChI is InChI=1S/C13H17Cl2N3O5/c1-6(2)10(21)16-8-3-4-18(12(22)17-8)11-13(14,15)9(20)7(5-19)23-11/h3-4,6-7,9,11,19-20H,5H2,1-2H3,(H,16,17,21,22). The average molecular weight is 366 g/mol. The normalized spacial score (nSPS) is 26.5. The van der Waals surface area contributed by atoms with Gasteiger partial charge in [-0.15, -0.1) is 0 Å². The van der Waals surface area contributed by atoms with Crippen LogP contribution in [0.4, 0.5) is 5.82 Å². The quantitative estimate of drug-likeness (QED) is 0.659. The number of aliphatic hydroxyl groups is 2. The van der Waals surface area contributed by atoms with Crippen LogP contribution in [-0.2, 0) is 9.53 Å². The van der Waals surface area contributed by atoms with Gasteiger partial charge in [-0.05, 0) is 6.07 Å². The van der Waals surface area contributed by atoms with Crippen molar-refractivity contribution in [2.45, 2.75) is 36.6 Å². The number of hydrogen-bond donors (Lipinski definition) is 3. The van der Waals surface area contributed by atoms with Crippen molar-refractivity contribution in [3.63, 3.8) is 0 Å². The molecule has 1 aromatic heterocycles. The third kappa shape index (κ3) is 3.51. The van der Waals surface area contributed by atoms with Crippen LogP contribution in [0.1, 0.15) is 20.1 Å². The molecule has 0 spiro atoms. The van der Waals surface area contributed by atoms with Crippen molar-refractivity contribution in [1.29, 1.82) is 0 Å². The Hall–Kier alpha value is -1.19. The van der Waals surface area contributed by atoms with Crippen LogP contribution in [0.2, 0.25) is 0 Å². The molecule has 1 aliphatic heterocycles. The molecule has 0 saturated carbocycles. The van der Waals surface area contributed by atoms with E-state index in [1.807, 2.05) is 0 Å². The molecule has 1 saturated heterocycles. The maximum absolute atomic E-state index is 12.1. The number of amides is 1. The number of hydrogen-bond acceptors (Lipinski definition) is 6. The van der Waals surface area contributed by atoms with Crippen LogP contribution in [0.3, 0.4) is 0 Å². The molecule has 0 bridgehead atoms. The number of nitrogens with one attached hydrogen (secondary N) is 1. The first-order valence-corrected chi connectivity index (χ1v) is 7.66. The van der Waals surface area contributed by atoms with E-state index in [9.17, 15) is 14.7 Å². The topological polar surface area (TPSA) is 114 Å². The van der Waals surface area contributed by atoms with Gasteiger partial charge in [-0.25, -0.2) is 4.79 Å². The third-order valence-electron chi connectivity index (χ3n) is 3.42. The molecule has 128 valence electrons. The lowest BCUT2D eigenvalue weighted by atomic mass is 10.2. The van der Waals surface area contributed by atoms with Gasteiger partial charge in [0.15, 0.2) is 10.6 Å². The van der Waals surface area contributed by atoms with E-state index in [-0.39, 0.29) is 17.6 Å². The summed E-state index contributed by atoms with van der Waals surface area (Å²) in [5.74, 6) is -0.472. The Morgan fingerprint density at radius 3 is 2.70 bits per heavy atom. The largest absolute Gasteiger partial charge is 0.394 e. The number of aromatic nitrogens is 2. The summed E-state index contributed by atoms with van der Waals surface area (Å²) in [6, 6.07) is 1.38. The van der Waals surface area contributed by atoms with Gasteiger partial charge >= 0.3 is 5.69 Å². The molecule has 23 heavy (non-hydrogen) atoms. The van der Waals surface area contributed by atoms with Crippen LogP contribution >= 0.6 is 23.2 Å². The molecule has 8 nitrogen and oxygen atoms in total. The number of aliphatic hydroxyl groups excluding tert-OH is 2. The highest BCUT2D eigenvalue weighted by Crippen LogP contribution is 2.45. The zero-order valence-corrected chi connectivity index (χ0v) is 14.0. The number of carbonyl (C=O) groups excluding carboxylic acids is 1. The maximum Gasteiger partial charge on any atom is 0.351 e. The van der Waals surface area contributed by atoms with Crippen molar-refractivity contribution in [1.82, 2.24) is 9.55 Å². The van der Waals surface area contributed by atoms with Crippen LogP contribution in [0.5, 0.6) is 0 Å². The Morgan fingerprint density at radius 1 is 1.57 bits per heavy atom. The minimum atomic E-state index is -1.83. The number of nitrogens with zero attached hydrogens (tertiary/aromatic N) is 2. The van der Waals surface area contributed by atoms with Crippen molar-refractivity contribution < 1.29 is 19.7 Å². The lowest BCUT2D eigenvalue weighted by molar-refractivity contribution is -0.118. The molecule has 0 aliphatic carbocycles. The zero-order valence-electron chi connectivity index (χ0n) is 12.4. The summed E-state index contributed by atoms with van der Waals surface area (Å²) >= 11 is 12.1. The van der Waals surface area contributed by atoms with E-state index >= 15 is 0 Å². The van der Waals surface area contributed by atoms with Crippen molar-refractivity contribution in [3.8, 4) is 0 Å². The van der Waals surface area contributed by atoms with Gasteiger partial charge in [-0.1, -0.05) is 37.0 Å². The Labute approximate surface area is 142 Å². The van der Waals surface area contributed by atoms with E-state index in [0.717, 1.165) is 4.57 Å². The van der Waals surface area contributed by atoms with Gasteiger partial charge in [0.2, 0.25) is 5.91 Å². The van der Waals surface area contributed by atoms with Crippen LogP contribution in [0, 0.1) is 5.92 Å². The molecule has 1 aliphatic rings. The Balaban J connectivity index is 2.28. The maximum atomic E-state index is 12.1. The van der Waals surface area contributed by atoms with Crippen molar-refractivity contribution >= 4 is 34.9 Å². The summed E-state index contributed by atoms with van der Waals surface area (Å²) < 4.78 is 4.49. The van der Waals surface area contributed by atoms with E-state index in [4.69, 9.17) is 33.0 Å². The molecule has 2 rings (SSSR count). The monoisotopic (exact) mass is 365 g/mol. The predicted octanol–water partition coefficient (Wildman–Crippen LogP) is 0.262. The minimum absolute atomic E-state index is 0.0805. The van der Waals surface area contributed by atoms with E-state index < -0.39 is 35.1 Å². The highest BCUT2D eigenvalue weighted by Gasteiger charge is 2.55. The molecule has 3 atom stereocenters. The number of alkyl halides is 2. The molecule has 2 heterocycles. The molecule has 1 fully saturated rings. The summed E-state index contributed by atoms with van der Waals surface area (Å²) in [6.45, 7) is 2.90. The van der Waals surface area contributed by atoms with Crippen LogP contribution < -0.4 is 11.0 Å². The Bertz CT molecular complexity index is 649. The summed E-state index contributed by atoms with van der Waals surface area (Å²) in [5.41, 5.74) is -0.770. The van der Waals surface area contributed by atoms with E-state index in [0.29, 0.717) is 0 Å². The second-order valence-electron chi connectivity index (χ2n) is 5.48. The summed E-state index contributed by atoms with van der Waals surface area (Å²) in [5, 5.41) is 21.6. The van der Waals surface area contributed by atoms with E-state index in [2.05, 4.69) is 10.3 Å². The second kappa shape index (κ2) is 6.74. The van der Waals surface area contributed by atoms with Crippen LogP contribution in [0.25, 0.3) is 0 Å². The van der Waals surface area contributed by atoms with Gasteiger partial charge < -0.3 is 20.3 Å². The summed E-state index contributed by atoms with van der Waals surface area (Å²) in [7, 11) is 0. The number of ether oxygens (including phenoxy) is 1. The van der Waals surface area contributed by atoms with Crippen molar-refractivity contribution in [2.24, 2.45) is 5.92 Å². The Kier molecular flexibility index (Phi) is 5.32. The van der Waals surface area contributed by atoms with Gasteiger partial charge in [0, 0.05) is 12.1 Å². The number of carbonyl (C=O) groups is 1. The lowest BCUT2D eigenvalue weighted by Crippen LogP contribution is -2.40. The fraction of sp³-hybridized carbons (Fsp3) is 0.615. The molecular formula is C13H17Cl2N3O5. The molecule has 3 N–H and O–H groups in total. The zero-order chi connectivity index (χ0) is 17.4. The van der Waals surface area contributed by atoms with Gasteiger partial charge in [0.05, 0.1) is 6.61 Å². The van der Waals surface area contributed by atoms with Gasteiger partial charge in [-0.3, -0.25) is 9.36 Å². The van der Waals surface area contributed by atoms with Crippen molar-refractivity contribution in [2.75, 3.05) is 11.9 Å². The van der Waals surface area contributed by atoms with Crippen molar-refractivity contribution in [3.05, 3.63) is 22.7 Å². The van der Waals surface area contributed by atoms with E-state index in [1.165, 1.54) is 12.3 Å². The molecule has 0 radical (unpaired) electrons. The highest BCUT2D eigenvalue weighted by molar-refractivity contribution is 6.49. The first-order valence-electron chi connectivity index (χ1n) is 6.90. The number of halogens is 2. The van der Waals surface area contributed by atoms with Gasteiger partial charge in [0.1, 0.15) is 18.0 Å². The fourth-order valence-corrected chi connectivity index (χ4v) is 2.64. The Morgan fingerprint density at radius 2 is 2.22 bits per heavy atom. The fourth-order valence-electron chi connectivity index (χ4n) is 2.05. The molecule has 3 unspecified atom stereocenters. The summed E-state index contributed by atoms with van der Waals surface area (Å²) in [4.78, 5) is 27.4. The smallest absolute Gasteiger partial charge is 0.351 e. The third-order valence-corrected chi connectivity index (χ3v) is 4.24. The highest BCUT2D eigenvalue weighted by atomic mass is 35.5.